The van der Waals surface area contributed by atoms with Crippen molar-refractivity contribution in [1.82, 2.24) is 0 Å². The van der Waals surface area contributed by atoms with Gasteiger partial charge in [0.05, 0.1) is 0 Å². The minimum atomic E-state index is -0.770. The van der Waals surface area contributed by atoms with Crippen LogP contribution in [0.5, 0.6) is 23.0 Å². The molecule has 0 aromatic heterocycles. The van der Waals surface area contributed by atoms with Crippen LogP contribution in [0.1, 0.15) is 23.3 Å². The van der Waals surface area contributed by atoms with Gasteiger partial charge in [0.1, 0.15) is 36.9 Å². The van der Waals surface area contributed by atoms with Crippen molar-refractivity contribution in [2.75, 3.05) is 13.2 Å². The maximum absolute atomic E-state index is 10.6. The highest BCUT2D eigenvalue weighted by Gasteiger charge is 2.16. The molecular formula is C32H28O5. The molecule has 0 saturated carbocycles. The van der Waals surface area contributed by atoms with Crippen LogP contribution in [0.25, 0.3) is 10.8 Å². The van der Waals surface area contributed by atoms with Gasteiger partial charge >= 0.3 is 0 Å². The monoisotopic (exact) mass is 492 g/mol. The van der Waals surface area contributed by atoms with Gasteiger partial charge in [-0.1, -0.05) is 84.9 Å². The van der Waals surface area contributed by atoms with E-state index in [9.17, 15) is 10.2 Å². The summed E-state index contributed by atoms with van der Waals surface area (Å²) in [4.78, 5) is 0. The molecule has 5 aromatic rings. The van der Waals surface area contributed by atoms with Crippen LogP contribution >= 0.6 is 0 Å². The fourth-order valence-electron chi connectivity index (χ4n) is 4.06. The lowest BCUT2D eigenvalue weighted by atomic mass is 10.1. The van der Waals surface area contributed by atoms with E-state index >= 15 is 0 Å². The number of hydrogen-bond donors (Lipinski definition) is 2. The summed E-state index contributed by atoms with van der Waals surface area (Å²) in [5.41, 5.74) is 1.59. The molecule has 0 radical (unpaired) electrons. The summed E-state index contributed by atoms with van der Waals surface area (Å²) < 4.78 is 18.2. The van der Waals surface area contributed by atoms with Gasteiger partial charge in [0.15, 0.2) is 11.5 Å². The Balaban J connectivity index is 1.39. The predicted octanol–water partition coefficient (Wildman–Crippen LogP) is 6.86. The number of aliphatic hydroxyl groups excluding tert-OH is 2. The first-order valence-electron chi connectivity index (χ1n) is 12.2. The minimum absolute atomic E-state index is 0.0826. The maximum Gasteiger partial charge on any atom is 0.177 e. The Morgan fingerprint density at radius 1 is 0.541 bits per heavy atom. The van der Waals surface area contributed by atoms with Gasteiger partial charge in [-0.25, -0.2) is 0 Å². The van der Waals surface area contributed by atoms with E-state index in [2.05, 4.69) is 0 Å². The van der Waals surface area contributed by atoms with Gasteiger partial charge in [-0.3, -0.25) is 0 Å². The Hall–Kier alpha value is -4.32. The molecule has 0 amide bonds. The number of hydrogen-bond acceptors (Lipinski definition) is 5. The van der Waals surface area contributed by atoms with Crippen molar-refractivity contribution >= 4 is 10.8 Å². The Morgan fingerprint density at radius 3 is 1.73 bits per heavy atom. The molecule has 0 aliphatic rings. The molecule has 5 aromatic carbocycles. The predicted molar refractivity (Wildman–Crippen MR) is 144 cm³/mol. The fourth-order valence-corrected chi connectivity index (χ4v) is 4.06. The standard InChI is InChI=1S/C32H28O5/c33-29(23-10-4-1-5-11-23)21-35-27-17-18-28-25(20-27)16-19-31(32(28)37-26-14-8-3-9-15-26)36-22-30(34)24-12-6-2-7-13-24/h1-20,29-30,33-34H,21-22H2. The van der Waals surface area contributed by atoms with Crippen LogP contribution in [-0.2, 0) is 0 Å². The summed E-state index contributed by atoms with van der Waals surface area (Å²) in [5.74, 6) is 2.40. The molecule has 2 atom stereocenters. The summed E-state index contributed by atoms with van der Waals surface area (Å²) in [6, 6.07) is 37.8. The Labute approximate surface area is 216 Å². The molecule has 0 heterocycles. The molecule has 0 saturated heterocycles. The second-order valence-corrected chi connectivity index (χ2v) is 8.67. The van der Waals surface area contributed by atoms with Crippen LogP contribution in [0.3, 0.4) is 0 Å². The van der Waals surface area contributed by atoms with Gasteiger partial charge in [-0.05, 0) is 52.9 Å². The van der Waals surface area contributed by atoms with E-state index in [1.54, 1.807) is 0 Å². The first kappa shape index (κ1) is 24.4. The normalized spacial score (nSPS) is 12.6. The third-order valence-electron chi connectivity index (χ3n) is 6.04. The minimum Gasteiger partial charge on any atom is -0.491 e. The SMILES string of the molecule is OC(COc1ccc2c(Oc3ccccc3)c(OCC(O)c3ccccc3)ccc2c1)c1ccccc1. The van der Waals surface area contributed by atoms with Gasteiger partial charge in [0.25, 0.3) is 0 Å². The van der Waals surface area contributed by atoms with E-state index in [-0.39, 0.29) is 13.2 Å². The quantitative estimate of drug-likeness (QED) is 0.223. The van der Waals surface area contributed by atoms with Gasteiger partial charge in [-0.2, -0.15) is 0 Å². The second-order valence-electron chi connectivity index (χ2n) is 8.67. The highest BCUT2D eigenvalue weighted by molar-refractivity contribution is 5.92. The third kappa shape index (κ3) is 6.09. The maximum atomic E-state index is 10.6. The molecule has 0 fully saturated rings. The lowest BCUT2D eigenvalue weighted by Gasteiger charge is -2.18. The van der Waals surface area contributed by atoms with Crippen molar-refractivity contribution in [3.63, 3.8) is 0 Å². The Bertz CT molecular complexity index is 1420. The van der Waals surface area contributed by atoms with Crippen molar-refractivity contribution in [1.29, 1.82) is 0 Å². The van der Waals surface area contributed by atoms with E-state index in [1.165, 1.54) is 0 Å². The van der Waals surface area contributed by atoms with Crippen LogP contribution in [0.4, 0.5) is 0 Å². The van der Waals surface area contributed by atoms with Crippen molar-refractivity contribution in [2.45, 2.75) is 12.2 Å². The molecule has 186 valence electrons. The molecule has 5 heteroatoms. The second kappa shape index (κ2) is 11.6. The summed E-state index contributed by atoms with van der Waals surface area (Å²) >= 11 is 0. The highest BCUT2D eigenvalue weighted by Crippen LogP contribution is 2.40. The summed E-state index contributed by atoms with van der Waals surface area (Å²) in [7, 11) is 0. The largest absolute Gasteiger partial charge is 0.491 e. The molecule has 0 spiro atoms. The molecule has 2 unspecified atom stereocenters. The summed E-state index contributed by atoms with van der Waals surface area (Å²) in [6.45, 7) is 0.223. The molecule has 5 nitrogen and oxygen atoms in total. The van der Waals surface area contributed by atoms with E-state index in [1.807, 2.05) is 121 Å². The molecule has 5 rings (SSSR count). The van der Waals surface area contributed by atoms with Gasteiger partial charge in [-0.15, -0.1) is 0 Å². The topological polar surface area (TPSA) is 68.2 Å². The average molecular weight is 493 g/mol. The molecule has 0 bridgehead atoms. The first-order valence-corrected chi connectivity index (χ1v) is 12.2. The zero-order valence-electron chi connectivity index (χ0n) is 20.2. The smallest absolute Gasteiger partial charge is 0.177 e. The van der Waals surface area contributed by atoms with Crippen LogP contribution in [0.2, 0.25) is 0 Å². The zero-order valence-corrected chi connectivity index (χ0v) is 20.2. The molecule has 37 heavy (non-hydrogen) atoms. The lowest BCUT2D eigenvalue weighted by Crippen LogP contribution is -2.10. The lowest BCUT2D eigenvalue weighted by molar-refractivity contribution is 0.107. The number of benzene rings is 5. The molecule has 0 aliphatic carbocycles. The fraction of sp³-hybridized carbons (Fsp3) is 0.125. The third-order valence-corrected chi connectivity index (χ3v) is 6.04. The Kier molecular flexibility index (Phi) is 7.65. The first-order chi connectivity index (χ1) is 18.2. The van der Waals surface area contributed by atoms with Gasteiger partial charge in [0, 0.05) is 5.39 Å². The summed E-state index contributed by atoms with van der Waals surface area (Å²) in [6.07, 6.45) is -1.49. The van der Waals surface area contributed by atoms with Crippen LogP contribution in [-0.4, -0.2) is 23.4 Å². The highest BCUT2D eigenvalue weighted by atomic mass is 16.5. The van der Waals surface area contributed by atoms with Gasteiger partial charge < -0.3 is 24.4 Å². The van der Waals surface area contributed by atoms with Crippen LogP contribution < -0.4 is 14.2 Å². The number of aliphatic hydroxyl groups is 2. The molecule has 2 N–H and O–H groups in total. The van der Waals surface area contributed by atoms with E-state index in [4.69, 9.17) is 14.2 Å². The van der Waals surface area contributed by atoms with Crippen molar-refractivity contribution in [3.05, 3.63) is 132 Å². The molecule has 0 aliphatic heterocycles. The van der Waals surface area contributed by atoms with Crippen LogP contribution in [0.15, 0.2) is 121 Å². The zero-order chi connectivity index (χ0) is 25.5. The Morgan fingerprint density at radius 2 is 1.11 bits per heavy atom. The number of fused-ring (bicyclic) bond motifs is 1. The number of ether oxygens (including phenoxy) is 3. The van der Waals surface area contributed by atoms with Crippen LogP contribution in [0, 0.1) is 0 Å². The van der Waals surface area contributed by atoms with Crippen molar-refractivity contribution in [2.24, 2.45) is 0 Å². The van der Waals surface area contributed by atoms with E-state index in [0.717, 1.165) is 21.9 Å². The van der Waals surface area contributed by atoms with Gasteiger partial charge in [0.2, 0.25) is 0 Å². The molecular weight excluding hydrogens is 464 g/mol. The average Bonchev–Trinajstić information content (AvgIpc) is 2.96. The number of rotatable bonds is 10. The van der Waals surface area contributed by atoms with E-state index in [0.29, 0.717) is 23.0 Å². The number of para-hydroxylation sites is 1. The van der Waals surface area contributed by atoms with Crippen molar-refractivity contribution in [3.8, 4) is 23.0 Å². The van der Waals surface area contributed by atoms with Crippen molar-refractivity contribution < 1.29 is 24.4 Å². The summed E-state index contributed by atoms with van der Waals surface area (Å²) in [5, 5.41) is 22.8. The van der Waals surface area contributed by atoms with E-state index < -0.39 is 12.2 Å².